The van der Waals surface area contributed by atoms with Gasteiger partial charge in [0.15, 0.2) is 0 Å². The van der Waals surface area contributed by atoms with Gasteiger partial charge in [-0.25, -0.2) is 4.79 Å². The summed E-state index contributed by atoms with van der Waals surface area (Å²) in [6.45, 7) is 3.99. The summed E-state index contributed by atoms with van der Waals surface area (Å²) < 4.78 is 0. The third kappa shape index (κ3) is 2.82. The fourth-order valence-electron chi connectivity index (χ4n) is 3.32. The van der Waals surface area contributed by atoms with Crippen LogP contribution in [0.4, 0.5) is 0 Å². The molecule has 1 fully saturated rings. The first-order chi connectivity index (χ1) is 12.0. The van der Waals surface area contributed by atoms with E-state index in [-0.39, 0.29) is 23.2 Å². The molecular weight excluding hydrogens is 324 g/mol. The van der Waals surface area contributed by atoms with Crippen LogP contribution in [-0.2, 0) is 4.79 Å². The fraction of sp³-hybridized carbons (Fsp3) is 0.333. The molecule has 1 aromatic rings. The maximum absolute atomic E-state index is 12.7. The van der Waals surface area contributed by atoms with Crippen LogP contribution in [0.5, 0.6) is 0 Å². The number of carboxylic acid groups (broad SMARTS) is 1. The monoisotopic (exact) mass is 342 g/mol. The van der Waals surface area contributed by atoms with Gasteiger partial charge in [0.25, 0.3) is 17.7 Å². The number of imide groups is 1. The molecule has 7 heteroatoms. The minimum atomic E-state index is -1.03. The summed E-state index contributed by atoms with van der Waals surface area (Å²) in [5.74, 6) is -2.35. The summed E-state index contributed by atoms with van der Waals surface area (Å²) >= 11 is 0. The van der Waals surface area contributed by atoms with Crippen molar-refractivity contribution >= 4 is 23.7 Å². The number of hydrogen-bond acceptors (Lipinski definition) is 4. The summed E-state index contributed by atoms with van der Waals surface area (Å²) in [6, 6.07) is 3.45. The lowest BCUT2D eigenvalue weighted by Crippen LogP contribution is -2.48. The van der Waals surface area contributed by atoms with Crippen LogP contribution in [0.3, 0.4) is 0 Å². The minimum Gasteiger partial charge on any atom is -0.480 e. The molecule has 0 aromatic heterocycles. The Morgan fingerprint density at radius 1 is 1.20 bits per heavy atom. The van der Waals surface area contributed by atoms with Gasteiger partial charge in [-0.15, -0.1) is 6.58 Å². The molecule has 2 aliphatic rings. The Balaban J connectivity index is 1.92. The molecule has 1 atom stereocenters. The summed E-state index contributed by atoms with van der Waals surface area (Å²) in [7, 11) is 0. The first-order valence-electron chi connectivity index (χ1n) is 8.10. The van der Waals surface area contributed by atoms with Gasteiger partial charge in [0.2, 0.25) is 0 Å². The van der Waals surface area contributed by atoms with Crippen LogP contribution in [0.2, 0.25) is 0 Å². The molecule has 2 heterocycles. The molecule has 1 N–H and O–H groups in total. The van der Waals surface area contributed by atoms with Crippen molar-refractivity contribution in [3.8, 4) is 0 Å². The topological polar surface area (TPSA) is 95.0 Å². The number of hydrogen-bond donors (Lipinski definition) is 1. The predicted octanol–water partition coefficient (Wildman–Crippen LogP) is 1.55. The SMILES string of the molecule is C=CCN1C(=O)c2ccc(C(=O)N3CCCC[C@@H]3C(=O)O)cc2C1=O. The normalized spacial score (nSPS) is 19.8. The van der Waals surface area contributed by atoms with Crippen LogP contribution < -0.4 is 0 Å². The highest BCUT2D eigenvalue weighted by Crippen LogP contribution is 2.26. The van der Waals surface area contributed by atoms with E-state index in [2.05, 4.69) is 6.58 Å². The smallest absolute Gasteiger partial charge is 0.326 e. The highest BCUT2D eigenvalue weighted by Gasteiger charge is 2.37. The molecule has 1 saturated heterocycles. The first kappa shape index (κ1) is 16.9. The molecule has 0 saturated carbocycles. The van der Waals surface area contributed by atoms with Crippen molar-refractivity contribution in [2.24, 2.45) is 0 Å². The largest absolute Gasteiger partial charge is 0.480 e. The molecule has 0 radical (unpaired) electrons. The van der Waals surface area contributed by atoms with Gasteiger partial charge in [-0.05, 0) is 37.5 Å². The molecular formula is C18H18N2O5. The van der Waals surface area contributed by atoms with E-state index in [1.54, 1.807) is 0 Å². The Hall–Kier alpha value is -2.96. The van der Waals surface area contributed by atoms with Gasteiger partial charge in [0.05, 0.1) is 11.1 Å². The van der Waals surface area contributed by atoms with Crippen molar-refractivity contribution in [2.45, 2.75) is 25.3 Å². The zero-order chi connectivity index (χ0) is 18.1. The van der Waals surface area contributed by atoms with Crippen LogP contribution in [0.1, 0.15) is 50.3 Å². The number of nitrogens with zero attached hydrogens (tertiary/aromatic N) is 2. The second kappa shape index (κ2) is 6.51. The number of carboxylic acids is 1. The van der Waals surface area contributed by atoms with Crippen molar-refractivity contribution in [1.29, 1.82) is 0 Å². The average Bonchev–Trinajstić information content (AvgIpc) is 2.86. The van der Waals surface area contributed by atoms with E-state index in [1.807, 2.05) is 0 Å². The number of likely N-dealkylation sites (tertiary alicyclic amines) is 1. The highest BCUT2D eigenvalue weighted by atomic mass is 16.4. The maximum atomic E-state index is 12.7. The second-order valence-corrected chi connectivity index (χ2v) is 6.12. The molecule has 7 nitrogen and oxygen atoms in total. The van der Waals surface area contributed by atoms with E-state index >= 15 is 0 Å². The first-order valence-corrected chi connectivity index (χ1v) is 8.10. The van der Waals surface area contributed by atoms with Gasteiger partial charge < -0.3 is 10.0 Å². The molecule has 3 amide bonds. The summed E-state index contributed by atoms with van der Waals surface area (Å²) in [5.41, 5.74) is 0.631. The minimum absolute atomic E-state index is 0.100. The number of carbonyl (C=O) groups is 4. The van der Waals surface area contributed by atoms with Crippen molar-refractivity contribution in [2.75, 3.05) is 13.1 Å². The lowest BCUT2D eigenvalue weighted by atomic mass is 9.99. The third-order valence-corrected chi connectivity index (χ3v) is 4.58. The molecule has 1 aromatic carbocycles. The number of fused-ring (bicyclic) bond motifs is 1. The Labute approximate surface area is 144 Å². The predicted molar refractivity (Wildman–Crippen MR) is 88.3 cm³/mol. The lowest BCUT2D eigenvalue weighted by Gasteiger charge is -2.33. The fourth-order valence-corrected chi connectivity index (χ4v) is 3.32. The molecule has 2 aliphatic heterocycles. The Bertz CT molecular complexity index is 786. The average molecular weight is 342 g/mol. The Kier molecular flexibility index (Phi) is 4.39. The molecule has 25 heavy (non-hydrogen) atoms. The Morgan fingerprint density at radius 3 is 2.60 bits per heavy atom. The number of carbonyl (C=O) groups excluding carboxylic acids is 3. The van der Waals surface area contributed by atoms with Gasteiger partial charge >= 0.3 is 5.97 Å². The number of benzene rings is 1. The number of rotatable bonds is 4. The van der Waals surface area contributed by atoms with Crippen LogP contribution >= 0.6 is 0 Å². The van der Waals surface area contributed by atoms with Gasteiger partial charge in [0.1, 0.15) is 6.04 Å². The van der Waals surface area contributed by atoms with Gasteiger partial charge in [0, 0.05) is 18.7 Å². The van der Waals surface area contributed by atoms with Crippen LogP contribution in [0.15, 0.2) is 30.9 Å². The van der Waals surface area contributed by atoms with Crippen molar-refractivity contribution < 1.29 is 24.3 Å². The van der Waals surface area contributed by atoms with Gasteiger partial charge in [-0.3, -0.25) is 19.3 Å². The van der Waals surface area contributed by atoms with E-state index in [4.69, 9.17) is 0 Å². The van der Waals surface area contributed by atoms with Crippen LogP contribution in [0.25, 0.3) is 0 Å². The maximum Gasteiger partial charge on any atom is 0.326 e. The number of piperidine rings is 1. The number of aliphatic carboxylic acids is 1. The van der Waals surface area contributed by atoms with E-state index < -0.39 is 29.7 Å². The van der Waals surface area contributed by atoms with Crippen molar-refractivity contribution in [3.63, 3.8) is 0 Å². The molecule has 0 aliphatic carbocycles. The second-order valence-electron chi connectivity index (χ2n) is 6.12. The van der Waals surface area contributed by atoms with E-state index in [9.17, 15) is 24.3 Å². The van der Waals surface area contributed by atoms with Gasteiger partial charge in [-0.1, -0.05) is 6.08 Å². The van der Waals surface area contributed by atoms with Crippen LogP contribution in [0, 0.1) is 0 Å². The zero-order valence-corrected chi connectivity index (χ0v) is 13.6. The Morgan fingerprint density at radius 2 is 1.92 bits per heavy atom. The third-order valence-electron chi connectivity index (χ3n) is 4.58. The van der Waals surface area contributed by atoms with Crippen LogP contribution in [-0.4, -0.2) is 57.7 Å². The summed E-state index contributed by atoms with van der Waals surface area (Å²) in [5, 5.41) is 9.32. The zero-order valence-electron chi connectivity index (χ0n) is 13.6. The lowest BCUT2D eigenvalue weighted by molar-refractivity contribution is -0.143. The quantitative estimate of drug-likeness (QED) is 0.662. The number of amides is 3. The van der Waals surface area contributed by atoms with E-state index in [0.717, 1.165) is 17.7 Å². The molecule has 0 spiro atoms. The van der Waals surface area contributed by atoms with E-state index in [0.29, 0.717) is 13.0 Å². The molecule has 0 bridgehead atoms. The van der Waals surface area contributed by atoms with Crippen molar-refractivity contribution in [3.05, 3.63) is 47.5 Å². The van der Waals surface area contributed by atoms with Crippen molar-refractivity contribution in [1.82, 2.24) is 9.80 Å². The molecule has 130 valence electrons. The highest BCUT2D eigenvalue weighted by molar-refractivity contribution is 6.22. The summed E-state index contributed by atoms with van der Waals surface area (Å²) in [6.07, 6.45) is 3.37. The van der Waals surface area contributed by atoms with E-state index in [1.165, 1.54) is 29.2 Å². The standard InChI is InChI=1S/C18H18N2O5/c1-2-8-20-16(22)12-7-6-11(10-13(12)17(20)23)15(21)19-9-4-3-5-14(19)18(24)25/h2,6-7,10,14H,1,3-5,8-9H2,(H,24,25)/t14-/m1/s1. The molecule has 0 unspecified atom stereocenters. The molecule has 3 rings (SSSR count). The van der Waals surface area contributed by atoms with Gasteiger partial charge in [-0.2, -0.15) is 0 Å². The summed E-state index contributed by atoms with van der Waals surface area (Å²) in [4.78, 5) is 51.1.